The average molecular weight is 230 g/mol. The molecule has 1 aromatic heterocycles. The van der Waals surface area contributed by atoms with Crippen LogP contribution in [-0.2, 0) is 11.3 Å². The van der Waals surface area contributed by atoms with Gasteiger partial charge in [0.05, 0.1) is 11.0 Å². The van der Waals surface area contributed by atoms with Gasteiger partial charge in [-0.1, -0.05) is 6.07 Å². The second-order valence-electron chi connectivity index (χ2n) is 3.88. The van der Waals surface area contributed by atoms with Crippen molar-refractivity contribution in [1.29, 1.82) is 0 Å². The lowest BCUT2D eigenvalue weighted by molar-refractivity contribution is -0.131. The van der Waals surface area contributed by atoms with Crippen molar-refractivity contribution in [2.45, 2.75) is 20.4 Å². The number of aryl methyl sites for hydroxylation is 2. The first-order chi connectivity index (χ1) is 8.11. The molecule has 4 heteroatoms. The second kappa shape index (κ2) is 4.41. The Bertz CT molecular complexity index is 597. The van der Waals surface area contributed by atoms with E-state index in [2.05, 4.69) is 4.98 Å². The number of hydrogen-bond acceptors (Lipinski definition) is 2. The largest absolute Gasteiger partial charge is 0.478 e. The van der Waals surface area contributed by atoms with E-state index in [-0.39, 0.29) is 0 Å². The highest BCUT2D eigenvalue weighted by Crippen LogP contribution is 2.18. The summed E-state index contributed by atoms with van der Waals surface area (Å²) in [6.07, 6.45) is 2.64. The Morgan fingerprint density at radius 1 is 1.53 bits per heavy atom. The van der Waals surface area contributed by atoms with Gasteiger partial charge < -0.3 is 9.67 Å². The number of fused-ring (bicyclic) bond motifs is 1. The molecule has 0 aliphatic carbocycles. The smallest absolute Gasteiger partial charge is 0.328 e. The van der Waals surface area contributed by atoms with Crippen LogP contribution in [0.3, 0.4) is 0 Å². The molecular formula is C13H14N2O2. The summed E-state index contributed by atoms with van der Waals surface area (Å²) < 4.78 is 1.99. The predicted molar refractivity (Wildman–Crippen MR) is 66.8 cm³/mol. The van der Waals surface area contributed by atoms with Gasteiger partial charge in [-0.2, -0.15) is 0 Å². The number of carboxylic acids is 1. The van der Waals surface area contributed by atoms with Gasteiger partial charge in [-0.25, -0.2) is 9.78 Å². The van der Waals surface area contributed by atoms with Crippen molar-refractivity contribution in [2.24, 2.45) is 0 Å². The van der Waals surface area contributed by atoms with E-state index in [1.54, 1.807) is 0 Å². The van der Waals surface area contributed by atoms with Gasteiger partial charge >= 0.3 is 5.97 Å². The van der Waals surface area contributed by atoms with Gasteiger partial charge in [0.25, 0.3) is 0 Å². The molecule has 0 fully saturated rings. The average Bonchev–Trinajstić information content (AvgIpc) is 2.62. The van der Waals surface area contributed by atoms with Crippen LogP contribution in [0.2, 0.25) is 0 Å². The van der Waals surface area contributed by atoms with Crippen LogP contribution in [0.5, 0.6) is 0 Å². The third-order valence-corrected chi connectivity index (χ3v) is 2.62. The van der Waals surface area contributed by atoms with Crippen LogP contribution in [0.15, 0.2) is 24.3 Å². The molecule has 2 rings (SSSR count). The second-order valence-corrected chi connectivity index (χ2v) is 3.88. The molecule has 0 amide bonds. The van der Waals surface area contributed by atoms with Gasteiger partial charge in [0.15, 0.2) is 0 Å². The molecule has 0 aliphatic rings. The molecule has 0 radical (unpaired) electrons. The van der Waals surface area contributed by atoms with Crippen molar-refractivity contribution in [3.8, 4) is 0 Å². The van der Waals surface area contributed by atoms with Gasteiger partial charge in [-0.05, 0) is 37.6 Å². The van der Waals surface area contributed by atoms with Gasteiger partial charge in [0.2, 0.25) is 0 Å². The Morgan fingerprint density at radius 3 is 2.94 bits per heavy atom. The fourth-order valence-electron chi connectivity index (χ4n) is 1.86. The third kappa shape index (κ3) is 2.20. The number of benzene rings is 1. The Labute approximate surface area is 99.2 Å². The standard InChI is InChI=1S/C13H14N2O2/c1-3-15-11-5-4-9(2)8-10(11)14-12(15)6-7-13(16)17/h4-8H,3H2,1-2H3,(H,16,17)/b7-6+. The van der Waals surface area contributed by atoms with Gasteiger partial charge in [0.1, 0.15) is 5.82 Å². The topological polar surface area (TPSA) is 55.1 Å². The fraction of sp³-hybridized carbons (Fsp3) is 0.231. The lowest BCUT2D eigenvalue weighted by Crippen LogP contribution is -1.97. The summed E-state index contributed by atoms with van der Waals surface area (Å²) in [5, 5.41) is 8.63. The molecule has 1 aromatic carbocycles. The minimum atomic E-state index is -0.962. The molecule has 0 atom stereocenters. The van der Waals surface area contributed by atoms with Crippen LogP contribution in [0, 0.1) is 6.92 Å². The quantitative estimate of drug-likeness (QED) is 0.824. The summed E-state index contributed by atoms with van der Waals surface area (Å²) in [5.74, 6) is -0.286. The van der Waals surface area contributed by atoms with Crippen LogP contribution >= 0.6 is 0 Å². The maximum Gasteiger partial charge on any atom is 0.328 e. The molecule has 0 unspecified atom stereocenters. The lowest BCUT2D eigenvalue weighted by atomic mass is 10.2. The number of carbonyl (C=O) groups is 1. The normalized spacial score (nSPS) is 11.4. The van der Waals surface area contributed by atoms with Crippen LogP contribution in [0.4, 0.5) is 0 Å². The van der Waals surface area contributed by atoms with Crippen molar-refractivity contribution < 1.29 is 9.90 Å². The molecule has 2 aromatic rings. The minimum Gasteiger partial charge on any atom is -0.478 e. The van der Waals surface area contributed by atoms with E-state index in [9.17, 15) is 4.79 Å². The monoisotopic (exact) mass is 230 g/mol. The molecular weight excluding hydrogens is 216 g/mol. The number of imidazole rings is 1. The van der Waals surface area contributed by atoms with Gasteiger partial charge in [-0.15, -0.1) is 0 Å². The molecule has 88 valence electrons. The maximum absolute atomic E-state index is 10.5. The summed E-state index contributed by atoms with van der Waals surface area (Å²) in [6.45, 7) is 4.79. The Hall–Kier alpha value is -2.10. The van der Waals surface area contributed by atoms with Crippen LogP contribution in [0.1, 0.15) is 18.3 Å². The highest BCUT2D eigenvalue weighted by molar-refractivity contribution is 5.86. The molecule has 17 heavy (non-hydrogen) atoms. The Kier molecular flexibility index (Phi) is 2.95. The lowest BCUT2D eigenvalue weighted by Gasteiger charge is -2.01. The number of hydrogen-bond donors (Lipinski definition) is 1. The minimum absolute atomic E-state index is 0.676. The van der Waals surface area contributed by atoms with Crippen molar-refractivity contribution in [3.05, 3.63) is 35.7 Å². The zero-order valence-corrected chi connectivity index (χ0v) is 9.84. The summed E-state index contributed by atoms with van der Waals surface area (Å²) in [7, 11) is 0. The number of aliphatic carboxylic acids is 1. The zero-order valence-electron chi connectivity index (χ0n) is 9.84. The van der Waals surface area contributed by atoms with Crippen molar-refractivity contribution in [2.75, 3.05) is 0 Å². The van der Waals surface area contributed by atoms with E-state index in [1.807, 2.05) is 36.6 Å². The Balaban J connectivity index is 2.59. The van der Waals surface area contributed by atoms with E-state index < -0.39 is 5.97 Å². The van der Waals surface area contributed by atoms with Crippen LogP contribution in [-0.4, -0.2) is 20.6 Å². The summed E-state index contributed by atoms with van der Waals surface area (Å²) in [6, 6.07) is 6.04. The van der Waals surface area contributed by atoms with Crippen molar-refractivity contribution in [1.82, 2.24) is 9.55 Å². The highest BCUT2D eigenvalue weighted by atomic mass is 16.4. The maximum atomic E-state index is 10.5. The number of rotatable bonds is 3. The van der Waals surface area contributed by atoms with Crippen molar-refractivity contribution >= 4 is 23.1 Å². The number of aromatic nitrogens is 2. The first kappa shape index (κ1) is 11.4. The fourth-order valence-corrected chi connectivity index (χ4v) is 1.86. The summed E-state index contributed by atoms with van der Waals surface area (Å²) in [4.78, 5) is 14.9. The van der Waals surface area contributed by atoms with E-state index >= 15 is 0 Å². The van der Waals surface area contributed by atoms with Gasteiger partial charge in [0, 0.05) is 12.6 Å². The highest BCUT2D eigenvalue weighted by Gasteiger charge is 2.07. The molecule has 0 saturated heterocycles. The van der Waals surface area contributed by atoms with Crippen molar-refractivity contribution in [3.63, 3.8) is 0 Å². The van der Waals surface area contributed by atoms with E-state index in [1.165, 1.54) is 6.08 Å². The predicted octanol–water partition coefficient (Wildman–Crippen LogP) is 2.46. The molecule has 0 spiro atoms. The number of carboxylic acid groups (broad SMARTS) is 1. The number of nitrogens with zero attached hydrogens (tertiary/aromatic N) is 2. The zero-order chi connectivity index (χ0) is 12.4. The van der Waals surface area contributed by atoms with Crippen LogP contribution < -0.4 is 0 Å². The molecule has 0 aliphatic heterocycles. The van der Waals surface area contributed by atoms with E-state index in [4.69, 9.17) is 5.11 Å². The summed E-state index contributed by atoms with van der Waals surface area (Å²) in [5.41, 5.74) is 3.08. The molecule has 4 nitrogen and oxygen atoms in total. The van der Waals surface area contributed by atoms with E-state index in [0.29, 0.717) is 5.82 Å². The SMILES string of the molecule is CCn1c(/C=C/C(=O)O)nc2cc(C)ccc21. The first-order valence-electron chi connectivity index (χ1n) is 5.49. The van der Waals surface area contributed by atoms with Crippen LogP contribution in [0.25, 0.3) is 17.1 Å². The van der Waals surface area contributed by atoms with E-state index in [0.717, 1.165) is 29.2 Å². The molecule has 0 bridgehead atoms. The summed E-state index contributed by atoms with van der Waals surface area (Å²) >= 11 is 0. The Morgan fingerprint density at radius 2 is 2.29 bits per heavy atom. The molecule has 0 saturated carbocycles. The molecule has 1 heterocycles. The van der Waals surface area contributed by atoms with Gasteiger partial charge in [-0.3, -0.25) is 0 Å². The molecule has 1 N–H and O–H groups in total. The third-order valence-electron chi connectivity index (χ3n) is 2.62. The first-order valence-corrected chi connectivity index (χ1v) is 5.49.